The first kappa shape index (κ1) is 19.5. The van der Waals surface area contributed by atoms with E-state index in [1.165, 1.54) is 18.6 Å². The van der Waals surface area contributed by atoms with E-state index in [2.05, 4.69) is 0 Å². The van der Waals surface area contributed by atoms with Gasteiger partial charge >= 0.3 is 5.97 Å². The molecule has 4 nitrogen and oxygen atoms in total. The zero-order valence-electron chi connectivity index (χ0n) is 14.5. The van der Waals surface area contributed by atoms with Crippen molar-refractivity contribution in [1.82, 2.24) is 0 Å². The molecule has 0 N–H and O–H groups in total. The van der Waals surface area contributed by atoms with Crippen molar-refractivity contribution in [2.24, 2.45) is 0 Å². The number of esters is 1. The van der Waals surface area contributed by atoms with Crippen molar-refractivity contribution in [2.45, 2.75) is 12.7 Å². The molecule has 0 radical (unpaired) electrons. The predicted octanol–water partition coefficient (Wildman–Crippen LogP) is 4.01. The van der Waals surface area contributed by atoms with Crippen LogP contribution in [0.5, 0.6) is 0 Å². The van der Waals surface area contributed by atoms with Gasteiger partial charge in [-0.15, -0.1) is 0 Å². The second kappa shape index (κ2) is 10.2. The molecule has 0 aliphatic carbocycles. The van der Waals surface area contributed by atoms with Crippen LogP contribution in [-0.4, -0.2) is 24.1 Å². The van der Waals surface area contributed by atoms with E-state index in [0.717, 1.165) is 5.75 Å². The molecule has 2 aromatic carbocycles. The number of nitriles is 1. The molecule has 0 bridgehead atoms. The van der Waals surface area contributed by atoms with E-state index in [-0.39, 0.29) is 18.0 Å². The highest BCUT2D eigenvalue weighted by Gasteiger charge is 2.16. The molecule has 2 rings (SSSR count). The van der Waals surface area contributed by atoms with Crippen molar-refractivity contribution in [3.05, 3.63) is 76.9 Å². The summed E-state index contributed by atoms with van der Waals surface area (Å²) in [5.41, 5.74) is 2.08. The van der Waals surface area contributed by atoms with Crippen molar-refractivity contribution >= 4 is 29.6 Å². The highest BCUT2D eigenvalue weighted by Crippen LogP contribution is 2.15. The number of thioether (sulfide) groups is 1. The van der Waals surface area contributed by atoms with Gasteiger partial charge in [0.05, 0.1) is 11.6 Å². The van der Waals surface area contributed by atoms with Gasteiger partial charge in [0.2, 0.25) is 0 Å². The number of Topliss-reactive ketones (excluding diaryl/α,β-unsaturated/α-hetero) is 1. The summed E-state index contributed by atoms with van der Waals surface area (Å²) >= 11 is 1.65. The lowest BCUT2D eigenvalue weighted by molar-refractivity contribution is -0.139. The van der Waals surface area contributed by atoms with Crippen molar-refractivity contribution in [1.29, 1.82) is 5.26 Å². The van der Waals surface area contributed by atoms with E-state index >= 15 is 0 Å². The molecule has 0 atom stereocenters. The monoisotopic (exact) mass is 365 g/mol. The molecule has 0 saturated carbocycles. The van der Waals surface area contributed by atoms with Gasteiger partial charge in [-0.1, -0.05) is 48.5 Å². The highest BCUT2D eigenvalue weighted by molar-refractivity contribution is 7.98. The van der Waals surface area contributed by atoms with Crippen LogP contribution in [0.4, 0.5) is 0 Å². The fourth-order valence-electron chi connectivity index (χ4n) is 2.22. The summed E-state index contributed by atoms with van der Waals surface area (Å²) in [6.07, 6.45) is 1.42. The van der Waals surface area contributed by atoms with Crippen LogP contribution < -0.4 is 0 Å². The van der Waals surface area contributed by atoms with Gasteiger partial charge in [0.1, 0.15) is 12.2 Å². The molecule has 26 heavy (non-hydrogen) atoms. The Morgan fingerprint density at radius 2 is 1.81 bits per heavy atom. The highest BCUT2D eigenvalue weighted by atomic mass is 32.2. The summed E-state index contributed by atoms with van der Waals surface area (Å²) in [5.74, 6) is 0.425. The van der Waals surface area contributed by atoms with Gasteiger partial charge in [0.15, 0.2) is 5.78 Å². The molecular formula is C21H19NO3S. The number of rotatable bonds is 8. The van der Waals surface area contributed by atoms with Crippen molar-refractivity contribution in [2.75, 3.05) is 12.4 Å². The normalized spacial score (nSPS) is 10.8. The van der Waals surface area contributed by atoms with Gasteiger partial charge in [0, 0.05) is 11.5 Å². The molecule has 0 aromatic heterocycles. The topological polar surface area (TPSA) is 67.2 Å². The van der Waals surface area contributed by atoms with Crippen LogP contribution in [0.2, 0.25) is 0 Å². The molecule has 0 unspecified atom stereocenters. The number of hydrogen-bond acceptors (Lipinski definition) is 5. The van der Waals surface area contributed by atoms with Gasteiger partial charge in [-0.05, 0) is 30.2 Å². The first-order valence-corrected chi connectivity index (χ1v) is 9.28. The van der Waals surface area contributed by atoms with Gasteiger partial charge in [-0.2, -0.15) is 17.0 Å². The third-order valence-electron chi connectivity index (χ3n) is 3.55. The van der Waals surface area contributed by atoms with E-state index in [4.69, 9.17) is 10.00 Å². The summed E-state index contributed by atoms with van der Waals surface area (Å²) in [6.45, 7) is 1.53. The maximum atomic E-state index is 12.2. The lowest BCUT2D eigenvalue weighted by Gasteiger charge is -2.07. The third-order valence-corrected chi connectivity index (χ3v) is 4.55. The second-order valence-corrected chi connectivity index (χ2v) is 6.59. The standard InChI is InChI=1S/C21H19NO3S/c1-16(23)20(13-18-9-5-6-10-19(18)14-22)21(24)25-11-12-26-15-17-7-3-2-4-8-17/h2-10,13H,11-12,15H2,1H3/b20-13-. The largest absolute Gasteiger partial charge is 0.461 e. The molecule has 0 fully saturated rings. The minimum atomic E-state index is -0.662. The summed E-state index contributed by atoms with van der Waals surface area (Å²) in [7, 11) is 0. The van der Waals surface area contributed by atoms with Gasteiger partial charge in [-0.3, -0.25) is 4.79 Å². The van der Waals surface area contributed by atoms with Crippen LogP contribution in [-0.2, 0) is 20.1 Å². The Bertz CT molecular complexity index is 838. The number of nitrogens with zero attached hydrogens (tertiary/aromatic N) is 1. The molecule has 0 spiro atoms. The minimum Gasteiger partial charge on any atom is -0.461 e. The fraction of sp³-hybridized carbons (Fsp3) is 0.190. The Morgan fingerprint density at radius 3 is 2.50 bits per heavy atom. The van der Waals surface area contributed by atoms with Gasteiger partial charge in [0.25, 0.3) is 0 Å². The van der Waals surface area contributed by atoms with E-state index in [1.807, 2.05) is 36.4 Å². The Morgan fingerprint density at radius 1 is 1.12 bits per heavy atom. The number of hydrogen-bond donors (Lipinski definition) is 0. The number of ketones is 1. The van der Waals surface area contributed by atoms with Crippen molar-refractivity contribution in [3.63, 3.8) is 0 Å². The zero-order valence-corrected chi connectivity index (χ0v) is 15.3. The van der Waals surface area contributed by atoms with Crippen LogP contribution in [0.1, 0.15) is 23.6 Å². The molecule has 0 heterocycles. The number of carbonyl (C=O) groups excluding carboxylic acids is 2. The van der Waals surface area contributed by atoms with E-state index in [1.54, 1.807) is 36.0 Å². The SMILES string of the molecule is CC(=O)/C(=C/c1ccccc1C#N)C(=O)OCCSCc1ccccc1. The molecule has 2 aromatic rings. The lowest BCUT2D eigenvalue weighted by atomic mass is 10.0. The van der Waals surface area contributed by atoms with Crippen molar-refractivity contribution < 1.29 is 14.3 Å². The van der Waals surface area contributed by atoms with Crippen LogP contribution in [0.25, 0.3) is 6.08 Å². The van der Waals surface area contributed by atoms with Crippen LogP contribution in [0.3, 0.4) is 0 Å². The quantitative estimate of drug-likeness (QED) is 0.232. The van der Waals surface area contributed by atoms with Crippen LogP contribution in [0.15, 0.2) is 60.2 Å². The fourth-order valence-corrected chi connectivity index (χ4v) is 2.99. The molecule has 0 amide bonds. The summed E-state index contributed by atoms with van der Waals surface area (Å²) in [6, 6.07) is 18.9. The predicted molar refractivity (Wildman–Crippen MR) is 103 cm³/mol. The van der Waals surface area contributed by atoms with Gasteiger partial charge < -0.3 is 4.74 Å². The maximum Gasteiger partial charge on any atom is 0.341 e. The number of carbonyl (C=O) groups is 2. The number of benzene rings is 2. The van der Waals surface area contributed by atoms with Crippen molar-refractivity contribution in [3.8, 4) is 6.07 Å². The summed E-state index contributed by atoms with van der Waals surface area (Å²) < 4.78 is 5.22. The Labute approximate surface area is 157 Å². The van der Waals surface area contributed by atoms with Crippen LogP contribution in [0, 0.1) is 11.3 Å². The Balaban J connectivity index is 1.91. The first-order chi connectivity index (χ1) is 12.6. The van der Waals surface area contributed by atoms with Crippen LogP contribution >= 0.6 is 11.8 Å². The average Bonchev–Trinajstić information content (AvgIpc) is 2.66. The average molecular weight is 365 g/mol. The third kappa shape index (κ3) is 5.91. The first-order valence-electron chi connectivity index (χ1n) is 8.12. The summed E-state index contributed by atoms with van der Waals surface area (Å²) in [5, 5.41) is 9.12. The number of ether oxygens (including phenoxy) is 1. The molecular weight excluding hydrogens is 346 g/mol. The molecule has 0 aliphatic heterocycles. The smallest absolute Gasteiger partial charge is 0.341 e. The Kier molecular flexibility index (Phi) is 7.66. The zero-order chi connectivity index (χ0) is 18.8. The molecule has 5 heteroatoms. The molecule has 0 saturated heterocycles. The lowest BCUT2D eigenvalue weighted by Crippen LogP contribution is -2.15. The Hall–Kier alpha value is -2.84. The minimum absolute atomic E-state index is 0.0549. The molecule has 0 aliphatic rings. The maximum absolute atomic E-state index is 12.2. The summed E-state index contributed by atoms with van der Waals surface area (Å²) in [4.78, 5) is 24.0. The van der Waals surface area contributed by atoms with Gasteiger partial charge in [-0.25, -0.2) is 4.79 Å². The van der Waals surface area contributed by atoms with E-state index in [9.17, 15) is 9.59 Å². The van der Waals surface area contributed by atoms with E-state index in [0.29, 0.717) is 16.9 Å². The molecule has 132 valence electrons. The van der Waals surface area contributed by atoms with E-state index < -0.39 is 5.97 Å². The second-order valence-electron chi connectivity index (χ2n) is 5.49.